The summed E-state index contributed by atoms with van der Waals surface area (Å²) in [6.07, 6.45) is 5.90. The molecule has 0 spiro atoms. The largest absolute Gasteiger partial charge is 0.310 e. The van der Waals surface area contributed by atoms with Gasteiger partial charge in [0.15, 0.2) is 0 Å². The van der Waals surface area contributed by atoms with Gasteiger partial charge in [0.25, 0.3) is 0 Å². The van der Waals surface area contributed by atoms with Crippen LogP contribution in [0, 0.1) is 5.92 Å². The first-order valence-electron chi connectivity index (χ1n) is 6.94. The average Bonchev–Trinajstić information content (AvgIpc) is 3.15. The smallest absolute Gasteiger partial charge is 0.0746 e. The summed E-state index contributed by atoms with van der Waals surface area (Å²) < 4.78 is 0. The minimum atomic E-state index is 0.740. The molecule has 0 aliphatic heterocycles. The van der Waals surface area contributed by atoms with Crippen molar-refractivity contribution in [1.29, 1.82) is 0 Å². The second kappa shape index (κ2) is 5.07. The lowest BCUT2D eigenvalue weighted by atomic mass is 10.1. The van der Waals surface area contributed by atoms with Gasteiger partial charge in [0, 0.05) is 24.2 Å². The second-order valence-corrected chi connectivity index (χ2v) is 5.26. The number of hydrogen-bond donors (Lipinski definition) is 1. The van der Waals surface area contributed by atoms with Crippen LogP contribution >= 0.6 is 0 Å². The van der Waals surface area contributed by atoms with Crippen molar-refractivity contribution >= 4 is 10.9 Å². The minimum Gasteiger partial charge on any atom is -0.310 e. The molecule has 2 unspecified atom stereocenters. The van der Waals surface area contributed by atoms with Crippen LogP contribution in [-0.2, 0) is 6.54 Å². The van der Waals surface area contributed by atoms with Gasteiger partial charge in [-0.05, 0) is 30.4 Å². The van der Waals surface area contributed by atoms with Crippen LogP contribution in [-0.4, -0.2) is 11.0 Å². The SMILES string of the molecule is CCCC1CC1NCc1cccc2cccnc12. The van der Waals surface area contributed by atoms with Gasteiger partial charge in [0.2, 0.25) is 0 Å². The number of rotatable bonds is 5. The molecule has 1 fully saturated rings. The number of nitrogens with one attached hydrogen (secondary N) is 1. The van der Waals surface area contributed by atoms with Crippen LogP contribution in [0.25, 0.3) is 10.9 Å². The van der Waals surface area contributed by atoms with Crippen molar-refractivity contribution in [3.8, 4) is 0 Å². The van der Waals surface area contributed by atoms with Crippen LogP contribution in [0.3, 0.4) is 0 Å². The lowest BCUT2D eigenvalue weighted by molar-refractivity contribution is 0.600. The van der Waals surface area contributed by atoms with Gasteiger partial charge in [-0.15, -0.1) is 0 Å². The molecule has 2 atom stereocenters. The van der Waals surface area contributed by atoms with Crippen molar-refractivity contribution in [3.63, 3.8) is 0 Å². The summed E-state index contributed by atoms with van der Waals surface area (Å²) in [5.74, 6) is 0.915. The van der Waals surface area contributed by atoms with E-state index in [1.807, 2.05) is 12.3 Å². The number of aromatic nitrogens is 1. The van der Waals surface area contributed by atoms with Crippen LogP contribution in [0.5, 0.6) is 0 Å². The molecule has 2 heteroatoms. The maximum absolute atomic E-state index is 4.49. The van der Waals surface area contributed by atoms with Crippen molar-refractivity contribution in [1.82, 2.24) is 10.3 Å². The third-order valence-corrected chi connectivity index (χ3v) is 3.85. The number of hydrogen-bond acceptors (Lipinski definition) is 2. The predicted octanol–water partition coefficient (Wildman–Crippen LogP) is 3.51. The van der Waals surface area contributed by atoms with Gasteiger partial charge in [-0.1, -0.05) is 37.6 Å². The molecular formula is C16H20N2. The third-order valence-electron chi connectivity index (χ3n) is 3.85. The fraction of sp³-hybridized carbons (Fsp3) is 0.438. The van der Waals surface area contributed by atoms with Crippen molar-refractivity contribution in [2.45, 2.75) is 38.8 Å². The molecule has 3 rings (SSSR count). The quantitative estimate of drug-likeness (QED) is 0.865. The zero-order valence-electron chi connectivity index (χ0n) is 10.9. The number of fused-ring (bicyclic) bond motifs is 1. The molecule has 94 valence electrons. The zero-order chi connectivity index (χ0) is 12.4. The summed E-state index contributed by atoms with van der Waals surface area (Å²) in [5, 5.41) is 4.89. The van der Waals surface area contributed by atoms with Crippen molar-refractivity contribution in [3.05, 3.63) is 42.1 Å². The van der Waals surface area contributed by atoms with E-state index in [0.717, 1.165) is 24.0 Å². The molecule has 0 amide bonds. The molecule has 1 aromatic heterocycles. The molecule has 0 radical (unpaired) electrons. The molecule has 18 heavy (non-hydrogen) atoms. The molecule has 2 aromatic rings. The Hall–Kier alpha value is -1.41. The molecule has 1 aromatic carbocycles. The Bertz CT molecular complexity index is 530. The van der Waals surface area contributed by atoms with Crippen LogP contribution in [0.1, 0.15) is 31.7 Å². The van der Waals surface area contributed by atoms with E-state index in [9.17, 15) is 0 Å². The standard InChI is InChI=1S/C16H20N2/c1-2-5-13-10-15(13)18-11-14-7-3-6-12-8-4-9-17-16(12)14/h3-4,6-9,13,15,18H,2,5,10-11H2,1H3. The highest BCUT2D eigenvalue weighted by Gasteiger charge is 2.35. The van der Waals surface area contributed by atoms with E-state index in [2.05, 4.69) is 41.5 Å². The Morgan fingerprint density at radius 1 is 1.28 bits per heavy atom. The Balaban J connectivity index is 1.68. The van der Waals surface area contributed by atoms with Gasteiger partial charge in [0.05, 0.1) is 5.52 Å². The summed E-state index contributed by atoms with van der Waals surface area (Å²) in [5.41, 5.74) is 2.45. The maximum atomic E-state index is 4.49. The number of para-hydroxylation sites is 1. The molecular weight excluding hydrogens is 220 g/mol. The summed E-state index contributed by atoms with van der Waals surface area (Å²) in [7, 11) is 0. The highest BCUT2D eigenvalue weighted by Crippen LogP contribution is 2.34. The van der Waals surface area contributed by atoms with E-state index in [1.165, 1.54) is 30.2 Å². The van der Waals surface area contributed by atoms with E-state index < -0.39 is 0 Å². The zero-order valence-corrected chi connectivity index (χ0v) is 10.9. The highest BCUT2D eigenvalue weighted by molar-refractivity contribution is 5.81. The van der Waals surface area contributed by atoms with Crippen molar-refractivity contribution in [2.75, 3.05) is 0 Å². The third kappa shape index (κ3) is 2.39. The minimum absolute atomic E-state index is 0.740. The Morgan fingerprint density at radius 2 is 2.17 bits per heavy atom. The first-order chi connectivity index (χ1) is 8.88. The predicted molar refractivity (Wildman–Crippen MR) is 75.4 cm³/mol. The molecule has 1 N–H and O–H groups in total. The summed E-state index contributed by atoms with van der Waals surface area (Å²) >= 11 is 0. The van der Waals surface area contributed by atoms with Gasteiger partial charge in [-0.2, -0.15) is 0 Å². The lowest BCUT2D eigenvalue weighted by Gasteiger charge is -2.07. The van der Waals surface area contributed by atoms with Crippen LogP contribution in [0.4, 0.5) is 0 Å². The van der Waals surface area contributed by atoms with E-state index in [-0.39, 0.29) is 0 Å². The average molecular weight is 240 g/mol. The fourth-order valence-electron chi connectivity index (χ4n) is 2.74. The molecule has 2 nitrogen and oxygen atoms in total. The van der Waals surface area contributed by atoms with Crippen LogP contribution in [0.2, 0.25) is 0 Å². The molecule has 0 saturated heterocycles. The number of nitrogens with zero attached hydrogens (tertiary/aromatic N) is 1. The highest BCUT2D eigenvalue weighted by atomic mass is 15.0. The Labute approximate surface area is 108 Å². The van der Waals surface area contributed by atoms with E-state index >= 15 is 0 Å². The number of pyridine rings is 1. The monoisotopic (exact) mass is 240 g/mol. The molecule has 0 bridgehead atoms. The lowest BCUT2D eigenvalue weighted by Crippen LogP contribution is -2.17. The van der Waals surface area contributed by atoms with Crippen LogP contribution in [0.15, 0.2) is 36.5 Å². The summed E-state index contributed by atoms with van der Waals surface area (Å²) in [4.78, 5) is 4.49. The van der Waals surface area contributed by atoms with Crippen molar-refractivity contribution < 1.29 is 0 Å². The molecule has 1 aliphatic rings. The van der Waals surface area contributed by atoms with Gasteiger partial charge in [0.1, 0.15) is 0 Å². The Morgan fingerprint density at radius 3 is 3.06 bits per heavy atom. The summed E-state index contributed by atoms with van der Waals surface area (Å²) in [6.45, 7) is 3.21. The van der Waals surface area contributed by atoms with Crippen molar-refractivity contribution in [2.24, 2.45) is 5.92 Å². The topological polar surface area (TPSA) is 24.9 Å². The van der Waals surface area contributed by atoms with E-state index in [0.29, 0.717) is 0 Å². The molecule has 1 saturated carbocycles. The van der Waals surface area contributed by atoms with Gasteiger partial charge in [-0.3, -0.25) is 4.98 Å². The van der Waals surface area contributed by atoms with Gasteiger partial charge in [-0.25, -0.2) is 0 Å². The van der Waals surface area contributed by atoms with Crippen LogP contribution < -0.4 is 5.32 Å². The van der Waals surface area contributed by atoms with Gasteiger partial charge < -0.3 is 5.32 Å². The van der Waals surface area contributed by atoms with E-state index in [1.54, 1.807) is 0 Å². The maximum Gasteiger partial charge on any atom is 0.0746 e. The van der Waals surface area contributed by atoms with Gasteiger partial charge >= 0.3 is 0 Å². The fourth-order valence-corrected chi connectivity index (χ4v) is 2.74. The first kappa shape index (κ1) is 11.7. The summed E-state index contributed by atoms with van der Waals surface area (Å²) in [6, 6.07) is 11.3. The van der Waals surface area contributed by atoms with E-state index in [4.69, 9.17) is 0 Å². The number of benzene rings is 1. The molecule has 1 aliphatic carbocycles. The second-order valence-electron chi connectivity index (χ2n) is 5.26. The first-order valence-corrected chi connectivity index (χ1v) is 6.94. The molecule has 1 heterocycles. The normalized spacial score (nSPS) is 22.3. The Kier molecular flexibility index (Phi) is 3.28.